The van der Waals surface area contributed by atoms with Crippen LogP contribution in [0.2, 0.25) is 0 Å². The summed E-state index contributed by atoms with van der Waals surface area (Å²) >= 11 is 1.67. The van der Waals surface area contributed by atoms with Crippen LogP contribution in [-0.2, 0) is 7.05 Å². The molecule has 0 aliphatic heterocycles. The summed E-state index contributed by atoms with van der Waals surface area (Å²) in [6.07, 6.45) is 0. The number of rotatable bonds is 1. The summed E-state index contributed by atoms with van der Waals surface area (Å²) in [6.45, 7) is 0. The monoisotopic (exact) mass is 226 g/mol. The van der Waals surface area contributed by atoms with Gasteiger partial charge in [0.15, 0.2) is 5.01 Å². The predicted molar refractivity (Wildman–Crippen MR) is 55.3 cm³/mol. The number of nitrogen functional groups attached to an aromatic ring is 1. The van der Waals surface area contributed by atoms with Crippen molar-refractivity contribution in [3.63, 3.8) is 0 Å². The highest BCUT2D eigenvalue weighted by atomic mass is 35.5. The number of nitrogens with two attached hydrogens (primary N) is 1. The molecule has 0 aliphatic rings. The topological polar surface area (TPSA) is 29.9 Å². The third-order valence-corrected chi connectivity index (χ3v) is 3.10. The molecule has 0 atom stereocenters. The van der Waals surface area contributed by atoms with Gasteiger partial charge in [-0.2, -0.15) is 0 Å². The number of hydrogen-bond donors (Lipinski definition) is 1. The first-order valence-corrected chi connectivity index (χ1v) is 4.95. The minimum absolute atomic E-state index is 0. The Labute approximate surface area is 93.4 Å². The molecule has 1 heterocycles. The second-order valence-corrected chi connectivity index (χ2v) is 3.75. The standard InChI is InChI=1S/C10H11N2S.ClH/c1-12-9(11)7-13-10(12)8-5-3-2-4-6-8;/h2-7H,11H2,1H3;1H/q+1;/p-1. The Bertz CT molecular complexity index is 411. The Kier molecular flexibility index (Phi) is 3.49. The molecule has 0 radical (unpaired) electrons. The lowest BCUT2D eigenvalue weighted by Crippen LogP contribution is -3.00. The van der Waals surface area contributed by atoms with Gasteiger partial charge in [0.05, 0.1) is 12.4 Å². The van der Waals surface area contributed by atoms with Crippen LogP contribution in [-0.4, -0.2) is 0 Å². The molecule has 0 saturated carbocycles. The highest BCUT2D eigenvalue weighted by molar-refractivity contribution is 7.13. The van der Waals surface area contributed by atoms with Gasteiger partial charge in [0, 0.05) is 5.56 Å². The first-order valence-electron chi connectivity index (χ1n) is 4.07. The Hall–Kier alpha value is -1.06. The van der Waals surface area contributed by atoms with E-state index in [0.29, 0.717) is 0 Å². The van der Waals surface area contributed by atoms with Crippen LogP contribution >= 0.6 is 11.3 Å². The molecule has 14 heavy (non-hydrogen) atoms. The average molecular weight is 227 g/mol. The van der Waals surface area contributed by atoms with E-state index in [-0.39, 0.29) is 12.4 Å². The lowest BCUT2D eigenvalue weighted by atomic mass is 10.2. The normalized spacial score (nSPS) is 9.50. The number of hydrogen-bond acceptors (Lipinski definition) is 2. The third kappa shape index (κ3) is 1.89. The second kappa shape index (κ2) is 4.44. The lowest BCUT2D eigenvalue weighted by Gasteiger charge is -1.96. The van der Waals surface area contributed by atoms with Crippen LogP contribution in [0.5, 0.6) is 0 Å². The second-order valence-electron chi connectivity index (χ2n) is 2.89. The van der Waals surface area contributed by atoms with Crippen LogP contribution in [0.3, 0.4) is 0 Å². The van der Waals surface area contributed by atoms with E-state index in [2.05, 4.69) is 12.1 Å². The maximum Gasteiger partial charge on any atom is 0.283 e. The molecule has 0 amide bonds. The van der Waals surface area contributed by atoms with Crippen molar-refractivity contribution >= 4 is 17.2 Å². The van der Waals surface area contributed by atoms with Gasteiger partial charge in [-0.1, -0.05) is 29.5 Å². The van der Waals surface area contributed by atoms with Crippen LogP contribution in [0.4, 0.5) is 5.82 Å². The molecule has 0 spiro atoms. The van der Waals surface area contributed by atoms with Crippen molar-refractivity contribution in [1.29, 1.82) is 0 Å². The van der Waals surface area contributed by atoms with Crippen molar-refractivity contribution in [2.24, 2.45) is 7.05 Å². The van der Waals surface area contributed by atoms with Crippen molar-refractivity contribution in [1.82, 2.24) is 0 Å². The first kappa shape index (κ1) is 11.0. The van der Waals surface area contributed by atoms with E-state index in [9.17, 15) is 0 Å². The summed E-state index contributed by atoms with van der Waals surface area (Å²) in [5, 5.41) is 3.15. The molecule has 0 saturated heterocycles. The Morgan fingerprint density at radius 3 is 2.36 bits per heavy atom. The number of thiazole rings is 1. The Morgan fingerprint density at radius 1 is 1.21 bits per heavy atom. The molecule has 74 valence electrons. The van der Waals surface area contributed by atoms with Crippen LogP contribution in [0.1, 0.15) is 0 Å². The number of anilines is 1. The summed E-state index contributed by atoms with van der Waals surface area (Å²) in [6, 6.07) is 10.3. The fourth-order valence-electron chi connectivity index (χ4n) is 1.23. The highest BCUT2D eigenvalue weighted by Crippen LogP contribution is 2.21. The zero-order valence-corrected chi connectivity index (χ0v) is 9.35. The molecule has 0 fully saturated rings. The predicted octanol–water partition coefficient (Wildman–Crippen LogP) is -1.17. The van der Waals surface area contributed by atoms with Crippen LogP contribution in [0.15, 0.2) is 35.7 Å². The minimum atomic E-state index is 0. The summed E-state index contributed by atoms with van der Waals surface area (Å²) < 4.78 is 2.00. The van der Waals surface area contributed by atoms with E-state index in [1.807, 2.05) is 35.2 Å². The summed E-state index contributed by atoms with van der Waals surface area (Å²) in [5.74, 6) is 0.809. The van der Waals surface area contributed by atoms with E-state index in [4.69, 9.17) is 5.73 Å². The van der Waals surface area contributed by atoms with Gasteiger partial charge in [0.25, 0.3) is 5.82 Å². The molecule has 1 aromatic heterocycles. The average Bonchev–Trinajstić information content (AvgIpc) is 2.49. The smallest absolute Gasteiger partial charge is 0.283 e. The van der Waals surface area contributed by atoms with E-state index in [1.54, 1.807) is 11.3 Å². The van der Waals surface area contributed by atoms with Gasteiger partial charge in [-0.05, 0) is 12.1 Å². The zero-order chi connectivity index (χ0) is 9.26. The number of nitrogens with zero attached hydrogens (tertiary/aromatic N) is 1. The van der Waals surface area contributed by atoms with Crippen LogP contribution < -0.4 is 22.7 Å². The molecule has 2 N–H and O–H groups in total. The van der Waals surface area contributed by atoms with E-state index < -0.39 is 0 Å². The molecule has 0 bridgehead atoms. The quantitative estimate of drug-likeness (QED) is 0.610. The molecular formula is C10H11ClN2S. The van der Waals surface area contributed by atoms with Crippen LogP contribution in [0, 0.1) is 0 Å². The summed E-state index contributed by atoms with van der Waals surface area (Å²) in [7, 11) is 1.98. The molecule has 4 heteroatoms. The van der Waals surface area contributed by atoms with Crippen molar-refractivity contribution in [3.05, 3.63) is 35.7 Å². The van der Waals surface area contributed by atoms with Gasteiger partial charge in [-0.15, -0.1) is 0 Å². The van der Waals surface area contributed by atoms with Gasteiger partial charge in [0.2, 0.25) is 0 Å². The lowest BCUT2D eigenvalue weighted by molar-refractivity contribution is -0.641. The van der Waals surface area contributed by atoms with Crippen molar-refractivity contribution < 1.29 is 17.0 Å². The fraction of sp³-hybridized carbons (Fsp3) is 0.100. The van der Waals surface area contributed by atoms with Gasteiger partial charge in [-0.3, -0.25) is 5.73 Å². The van der Waals surface area contributed by atoms with Gasteiger partial charge >= 0.3 is 0 Å². The van der Waals surface area contributed by atoms with Gasteiger partial charge in [0.1, 0.15) is 0 Å². The van der Waals surface area contributed by atoms with E-state index in [1.165, 1.54) is 10.6 Å². The highest BCUT2D eigenvalue weighted by Gasteiger charge is 2.10. The largest absolute Gasteiger partial charge is 1.00 e. The molecule has 1 aromatic carbocycles. The van der Waals surface area contributed by atoms with Crippen LogP contribution in [0.25, 0.3) is 10.6 Å². The molecule has 2 rings (SSSR count). The van der Waals surface area contributed by atoms with Crippen molar-refractivity contribution in [2.45, 2.75) is 0 Å². The maximum atomic E-state index is 5.75. The Morgan fingerprint density at radius 2 is 1.86 bits per heavy atom. The van der Waals surface area contributed by atoms with E-state index >= 15 is 0 Å². The molecule has 2 nitrogen and oxygen atoms in total. The maximum absolute atomic E-state index is 5.75. The number of halogens is 1. The Balaban J connectivity index is 0.000000980. The fourth-order valence-corrected chi connectivity index (χ4v) is 2.16. The van der Waals surface area contributed by atoms with Crippen molar-refractivity contribution in [3.8, 4) is 10.6 Å². The summed E-state index contributed by atoms with van der Waals surface area (Å²) in [4.78, 5) is 0. The SMILES string of the molecule is C[n+]1c(N)csc1-c1ccccc1.[Cl-]. The van der Waals surface area contributed by atoms with Gasteiger partial charge in [-0.25, -0.2) is 4.57 Å². The molecule has 0 unspecified atom stereocenters. The summed E-state index contributed by atoms with van der Waals surface area (Å²) in [5.41, 5.74) is 6.97. The number of benzene rings is 1. The number of aromatic nitrogens is 1. The molecular weight excluding hydrogens is 216 g/mol. The minimum Gasteiger partial charge on any atom is -1.00 e. The first-order chi connectivity index (χ1) is 6.29. The van der Waals surface area contributed by atoms with E-state index in [0.717, 1.165) is 5.82 Å². The van der Waals surface area contributed by atoms with Crippen molar-refractivity contribution in [2.75, 3.05) is 5.73 Å². The van der Waals surface area contributed by atoms with Gasteiger partial charge < -0.3 is 12.4 Å². The molecule has 2 aromatic rings. The zero-order valence-electron chi connectivity index (χ0n) is 7.77. The third-order valence-electron chi connectivity index (χ3n) is 2.00. The molecule has 0 aliphatic carbocycles.